The molecule has 0 bridgehead atoms. The summed E-state index contributed by atoms with van der Waals surface area (Å²) in [6.45, 7) is -0.553. The Morgan fingerprint density at radius 1 is 1.50 bits per heavy atom. The number of carbonyl (C=O) groups is 3. The second-order valence-electron chi connectivity index (χ2n) is 4.30. The van der Waals surface area contributed by atoms with Crippen molar-refractivity contribution in [3.63, 3.8) is 0 Å². The van der Waals surface area contributed by atoms with E-state index in [4.69, 9.17) is 12.6 Å². The highest BCUT2D eigenvalue weighted by atomic mass is 19.1. The van der Waals surface area contributed by atoms with Gasteiger partial charge in [-0.05, 0) is 18.5 Å². The van der Waals surface area contributed by atoms with Crippen molar-refractivity contribution in [2.24, 2.45) is 0 Å². The third-order valence-corrected chi connectivity index (χ3v) is 3.04. The van der Waals surface area contributed by atoms with Gasteiger partial charge in [0.2, 0.25) is 11.8 Å². The van der Waals surface area contributed by atoms with E-state index < -0.39 is 72.2 Å². The average molecular weight is 282 g/mol. The number of piperidine rings is 1. The molecule has 1 aromatic carbocycles. The van der Waals surface area contributed by atoms with Gasteiger partial charge in [0, 0.05) is 32.5 Å². The zero-order chi connectivity index (χ0) is 18.9. The van der Waals surface area contributed by atoms with Gasteiger partial charge in [-0.15, -0.1) is 0 Å². The number of halogens is 1. The monoisotopic (exact) mass is 282 g/mol. The normalized spacial score (nSPS) is 31.8. The van der Waals surface area contributed by atoms with Crippen LogP contribution in [0, 0.1) is 5.82 Å². The number of hydrogen-bond donors (Lipinski definition) is 2. The fourth-order valence-corrected chi connectivity index (χ4v) is 2.13. The van der Waals surface area contributed by atoms with Crippen LogP contribution in [0.25, 0.3) is 0 Å². The van der Waals surface area contributed by atoms with Crippen molar-refractivity contribution >= 4 is 23.4 Å². The van der Waals surface area contributed by atoms with Gasteiger partial charge in [0.1, 0.15) is 11.8 Å². The van der Waals surface area contributed by atoms with Crippen LogP contribution in [0.2, 0.25) is 0 Å². The molecule has 2 aliphatic heterocycles. The summed E-state index contributed by atoms with van der Waals surface area (Å²) in [6.07, 6.45) is -3.55. The maximum absolute atomic E-state index is 13.9. The van der Waals surface area contributed by atoms with Crippen molar-refractivity contribution in [1.82, 2.24) is 10.2 Å². The third kappa shape index (κ3) is 1.82. The van der Waals surface area contributed by atoms with Crippen LogP contribution < -0.4 is 11.1 Å². The van der Waals surface area contributed by atoms with Crippen molar-refractivity contribution in [3.8, 4) is 0 Å². The molecule has 1 fully saturated rings. The SMILES string of the molecule is [2H]c1c(N)c2c(c([2H])c1F)C(=O)N([C@@]1([2H])C(=O)NC(=O)CC1([2H])[2H])C2. The first-order valence-corrected chi connectivity index (χ1v) is 5.66. The lowest BCUT2D eigenvalue weighted by Crippen LogP contribution is -2.52. The number of nitrogens with one attached hydrogen (secondary N) is 1. The van der Waals surface area contributed by atoms with Crippen LogP contribution in [-0.2, 0) is 16.1 Å². The van der Waals surface area contributed by atoms with Crippen molar-refractivity contribution < 1.29 is 25.6 Å². The number of nitrogens with two attached hydrogens (primary N) is 1. The van der Waals surface area contributed by atoms with E-state index in [2.05, 4.69) is 0 Å². The van der Waals surface area contributed by atoms with Gasteiger partial charge >= 0.3 is 0 Å². The van der Waals surface area contributed by atoms with Gasteiger partial charge in [0.25, 0.3) is 5.91 Å². The molecule has 1 aromatic rings. The number of benzene rings is 1. The summed E-state index contributed by atoms with van der Waals surface area (Å²) >= 11 is 0. The van der Waals surface area contributed by atoms with E-state index >= 15 is 0 Å². The smallest absolute Gasteiger partial charge is 0.255 e. The van der Waals surface area contributed by atoms with Crippen LogP contribution in [0.3, 0.4) is 0 Å². The lowest BCUT2D eigenvalue weighted by Gasteiger charge is -2.29. The summed E-state index contributed by atoms with van der Waals surface area (Å²) in [6, 6.07) is -4.50. The van der Waals surface area contributed by atoms with Crippen LogP contribution in [0.15, 0.2) is 12.1 Å². The van der Waals surface area contributed by atoms with Gasteiger partial charge in [-0.1, -0.05) is 0 Å². The van der Waals surface area contributed by atoms with Gasteiger partial charge in [-0.25, -0.2) is 4.39 Å². The molecule has 0 spiro atoms. The number of carbonyl (C=O) groups excluding carboxylic acids is 3. The van der Waals surface area contributed by atoms with Gasteiger partial charge in [-0.3, -0.25) is 19.7 Å². The summed E-state index contributed by atoms with van der Waals surface area (Å²) in [7, 11) is 0. The van der Waals surface area contributed by atoms with E-state index in [1.807, 2.05) is 5.32 Å². The average Bonchev–Trinajstić information content (AvgIpc) is 2.86. The Labute approximate surface area is 120 Å². The fourth-order valence-electron chi connectivity index (χ4n) is 2.13. The summed E-state index contributed by atoms with van der Waals surface area (Å²) < 4.78 is 53.2. The number of nitrogens with zero attached hydrogens (tertiary/aromatic N) is 1. The molecule has 2 heterocycles. The van der Waals surface area contributed by atoms with E-state index in [0.29, 0.717) is 4.90 Å². The highest BCUT2D eigenvalue weighted by Gasteiger charge is 2.39. The minimum atomic E-state index is -2.81. The molecule has 1 atom stereocenters. The Kier molecular flexibility index (Phi) is 1.71. The largest absolute Gasteiger partial charge is 0.398 e. The predicted octanol–water partition coefficient (Wildman–Crippen LogP) is 0.169. The molecule has 7 heteroatoms. The van der Waals surface area contributed by atoms with Crippen LogP contribution in [0.4, 0.5) is 10.1 Å². The minimum absolute atomic E-state index is 0.117. The number of imide groups is 1. The van der Waals surface area contributed by atoms with Crippen molar-refractivity contribution in [2.75, 3.05) is 5.73 Å². The van der Waals surface area contributed by atoms with Crippen molar-refractivity contribution in [1.29, 1.82) is 0 Å². The Bertz CT molecular complexity index is 862. The van der Waals surface area contributed by atoms with Gasteiger partial charge < -0.3 is 10.6 Å². The number of rotatable bonds is 1. The molecule has 0 unspecified atom stereocenters. The van der Waals surface area contributed by atoms with Crippen LogP contribution in [0.1, 0.15) is 35.6 Å². The first-order chi connectivity index (χ1) is 11.4. The van der Waals surface area contributed by atoms with Crippen molar-refractivity contribution in [2.45, 2.75) is 25.4 Å². The zero-order valence-corrected chi connectivity index (χ0v) is 10.0. The Morgan fingerprint density at radius 3 is 2.95 bits per heavy atom. The van der Waals surface area contributed by atoms with Gasteiger partial charge in [0.15, 0.2) is 0 Å². The minimum Gasteiger partial charge on any atom is -0.398 e. The molecule has 3 amide bonds. The molecule has 6 nitrogen and oxygen atoms in total. The summed E-state index contributed by atoms with van der Waals surface area (Å²) in [5.74, 6) is -4.72. The molecule has 0 aromatic heterocycles. The number of fused-ring (bicyclic) bond motifs is 1. The van der Waals surface area contributed by atoms with Crippen LogP contribution in [-0.4, -0.2) is 28.6 Å². The molecule has 104 valence electrons. The van der Waals surface area contributed by atoms with Crippen molar-refractivity contribution in [3.05, 3.63) is 29.0 Å². The van der Waals surface area contributed by atoms with Gasteiger partial charge in [-0.2, -0.15) is 0 Å². The Balaban J connectivity index is 2.17. The number of amides is 3. The molecule has 3 N–H and O–H groups in total. The lowest BCUT2D eigenvalue weighted by molar-refractivity contribution is -0.136. The topological polar surface area (TPSA) is 92.5 Å². The van der Waals surface area contributed by atoms with E-state index in [0.717, 1.165) is 0 Å². The van der Waals surface area contributed by atoms with E-state index in [1.165, 1.54) is 0 Å². The van der Waals surface area contributed by atoms with E-state index in [9.17, 15) is 18.8 Å². The zero-order valence-electron chi connectivity index (χ0n) is 15.0. The maximum atomic E-state index is 13.9. The molecule has 3 rings (SSSR count). The summed E-state index contributed by atoms with van der Waals surface area (Å²) in [4.78, 5) is 36.7. The second kappa shape index (κ2) is 4.29. The quantitative estimate of drug-likeness (QED) is 0.567. The molecule has 20 heavy (non-hydrogen) atoms. The van der Waals surface area contributed by atoms with Crippen LogP contribution >= 0.6 is 0 Å². The molecule has 0 saturated carbocycles. The Hall–Kier alpha value is -2.44. The third-order valence-electron chi connectivity index (χ3n) is 3.04. The molecular formula is C13H12FN3O3. The van der Waals surface area contributed by atoms with E-state index in [-0.39, 0.29) is 5.56 Å². The maximum Gasteiger partial charge on any atom is 0.255 e. The summed E-state index contributed by atoms with van der Waals surface area (Å²) in [5, 5.41) is 1.81. The molecule has 1 saturated heterocycles. The summed E-state index contributed by atoms with van der Waals surface area (Å²) in [5.41, 5.74) is 4.57. The highest BCUT2D eigenvalue weighted by molar-refractivity contribution is 6.06. The molecule has 0 radical (unpaired) electrons. The van der Waals surface area contributed by atoms with Gasteiger partial charge in [0.05, 0.1) is 4.11 Å². The predicted molar refractivity (Wildman–Crippen MR) is 66.9 cm³/mol. The van der Waals surface area contributed by atoms with E-state index in [1.54, 1.807) is 0 Å². The number of hydrogen-bond acceptors (Lipinski definition) is 4. The first-order valence-electron chi connectivity index (χ1n) is 8.16. The molecule has 2 aliphatic rings. The number of anilines is 1. The highest BCUT2D eigenvalue weighted by Crippen LogP contribution is 2.31. The number of nitrogen functional groups attached to an aromatic ring is 1. The van der Waals surface area contributed by atoms with Crippen LogP contribution in [0.5, 0.6) is 0 Å². The Morgan fingerprint density at radius 2 is 2.25 bits per heavy atom. The second-order valence-corrected chi connectivity index (χ2v) is 4.30. The fraction of sp³-hybridized carbons (Fsp3) is 0.308. The standard InChI is InChI=1S/C13H12FN3O3/c14-6-3-7-8(9(15)4-6)5-17(13(7)20)10-1-2-11(18)16-12(10)19/h3-4,10H,1-2,5,15H2,(H,16,18,19)/t10-/m1/s1/i1D2,3D,4D,10D. The lowest BCUT2D eigenvalue weighted by atomic mass is 10.0. The molecular weight excluding hydrogens is 265 g/mol. The first kappa shape index (κ1) is 7.98. The molecule has 0 aliphatic carbocycles.